The minimum atomic E-state index is -2.85. The van der Waals surface area contributed by atoms with Gasteiger partial charge in [-0.25, -0.2) is 4.39 Å². The van der Waals surface area contributed by atoms with E-state index in [4.69, 9.17) is 4.74 Å². The Balaban J connectivity index is 1.57. The van der Waals surface area contributed by atoms with Gasteiger partial charge in [0.1, 0.15) is 17.3 Å². The lowest BCUT2D eigenvalue weighted by molar-refractivity contribution is -0.0498. The number of halogens is 3. The zero-order valence-electron chi connectivity index (χ0n) is 18.3. The SMILES string of the molecule is CCCCCCCCOc1ccc(-c2ccc(-c3ccc(OC(F)F)cc3)cc2)c(F)c1. The average molecular weight is 443 g/mol. The Morgan fingerprint density at radius 3 is 1.88 bits per heavy atom. The molecule has 32 heavy (non-hydrogen) atoms. The maximum Gasteiger partial charge on any atom is 0.387 e. The summed E-state index contributed by atoms with van der Waals surface area (Å²) in [5, 5.41) is 0. The second-order valence-electron chi connectivity index (χ2n) is 7.74. The van der Waals surface area contributed by atoms with Crippen LogP contribution in [0.25, 0.3) is 22.3 Å². The molecule has 0 fully saturated rings. The van der Waals surface area contributed by atoms with E-state index in [9.17, 15) is 13.2 Å². The Labute approximate surface area is 188 Å². The van der Waals surface area contributed by atoms with Gasteiger partial charge in [-0.15, -0.1) is 0 Å². The summed E-state index contributed by atoms with van der Waals surface area (Å²) in [5.41, 5.74) is 3.02. The fourth-order valence-corrected chi connectivity index (χ4v) is 3.56. The zero-order chi connectivity index (χ0) is 22.8. The van der Waals surface area contributed by atoms with Gasteiger partial charge in [0.25, 0.3) is 0 Å². The predicted octanol–water partition coefficient (Wildman–Crippen LogP) is 8.50. The standard InChI is InChI=1S/C27H29F3O2/c1-2-3-4-5-6-7-18-31-24-16-17-25(26(28)19-24)22-10-8-20(9-11-22)21-12-14-23(15-13-21)32-27(29)30/h8-17,19,27H,2-7,18H2,1H3. The van der Waals surface area contributed by atoms with Gasteiger partial charge in [0.05, 0.1) is 6.61 Å². The minimum Gasteiger partial charge on any atom is -0.493 e. The molecule has 170 valence electrons. The van der Waals surface area contributed by atoms with Crippen LogP contribution >= 0.6 is 0 Å². The van der Waals surface area contributed by atoms with E-state index in [1.807, 2.05) is 24.3 Å². The lowest BCUT2D eigenvalue weighted by Gasteiger charge is -2.10. The molecule has 3 aromatic rings. The summed E-state index contributed by atoms with van der Waals surface area (Å²) in [4.78, 5) is 0. The van der Waals surface area contributed by atoms with Crippen LogP contribution in [0.3, 0.4) is 0 Å². The number of ether oxygens (including phenoxy) is 2. The second-order valence-corrected chi connectivity index (χ2v) is 7.74. The van der Waals surface area contributed by atoms with Crippen LogP contribution in [0.2, 0.25) is 0 Å². The maximum atomic E-state index is 14.7. The number of alkyl halides is 2. The molecule has 2 nitrogen and oxygen atoms in total. The van der Waals surface area contributed by atoms with Gasteiger partial charge in [-0.1, -0.05) is 75.4 Å². The number of benzene rings is 3. The molecular weight excluding hydrogens is 413 g/mol. The molecule has 0 N–H and O–H groups in total. The van der Waals surface area contributed by atoms with Crippen LogP contribution in [0.5, 0.6) is 11.5 Å². The van der Waals surface area contributed by atoms with E-state index in [-0.39, 0.29) is 11.6 Å². The molecule has 3 aromatic carbocycles. The summed E-state index contributed by atoms with van der Waals surface area (Å²) in [7, 11) is 0. The fourth-order valence-electron chi connectivity index (χ4n) is 3.56. The Morgan fingerprint density at radius 1 is 0.688 bits per heavy atom. The van der Waals surface area contributed by atoms with E-state index in [0.717, 1.165) is 29.5 Å². The third-order valence-electron chi connectivity index (χ3n) is 5.32. The van der Waals surface area contributed by atoms with Crippen molar-refractivity contribution < 1.29 is 22.6 Å². The highest BCUT2D eigenvalue weighted by Gasteiger charge is 2.09. The van der Waals surface area contributed by atoms with Gasteiger partial charge in [0.15, 0.2) is 0 Å². The molecular formula is C27H29F3O2. The van der Waals surface area contributed by atoms with Crippen LogP contribution in [-0.4, -0.2) is 13.2 Å². The van der Waals surface area contributed by atoms with Gasteiger partial charge >= 0.3 is 6.61 Å². The number of rotatable bonds is 12. The van der Waals surface area contributed by atoms with Gasteiger partial charge in [0, 0.05) is 11.6 Å². The quantitative estimate of drug-likeness (QED) is 0.262. The van der Waals surface area contributed by atoms with Gasteiger partial charge in [-0.3, -0.25) is 0 Å². The molecule has 0 saturated carbocycles. The van der Waals surface area contributed by atoms with E-state index in [1.54, 1.807) is 24.3 Å². The fraction of sp³-hybridized carbons (Fsp3) is 0.333. The summed E-state index contributed by atoms with van der Waals surface area (Å²) in [6, 6.07) is 18.8. The molecule has 0 heterocycles. The Hall–Kier alpha value is -2.95. The largest absolute Gasteiger partial charge is 0.493 e. The van der Waals surface area contributed by atoms with Crippen molar-refractivity contribution in [3.05, 3.63) is 72.5 Å². The summed E-state index contributed by atoms with van der Waals surface area (Å²) >= 11 is 0. The topological polar surface area (TPSA) is 18.5 Å². The molecule has 0 unspecified atom stereocenters. The van der Waals surface area contributed by atoms with Gasteiger partial charge < -0.3 is 9.47 Å². The Kier molecular flexibility index (Phi) is 9.02. The van der Waals surface area contributed by atoms with E-state index in [0.29, 0.717) is 17.9 Å². The van der Waals surface area contributed by atoms with Crippen LogP contribution in [-0.2, 0) is 0 Å². The molecule has 0 aliphatic heterocycles. The van der Waals surface area contributed by atoms with Crippen molar-refractivity contribution in [1.82, 2.24) is 0 Å². The monoisotopic (exact) mass is 442 g/mol. The third-order valence-corrected chi connectivity index (χ3v) is 5.32. The molecule has 5 heteroatoms. The molecule has 0 aliphatic rings. The first-order valence-corrected chi connectivity index (χ1v) is 11.1. The molecule has 0 spiro atoms. The highest BCUT2D eigenvalue weighted by atomic mass is 19.3. The van der Waals surface area contributed by atoms with Crippen molar-refractivity contribution >= 4 is 0 Å². The molecule has 0 aromatic heterocycles. The average Bonchev–Trinajstić information content (AvgIpc) is 2.79. The van der Waals surface area contributed by atoms with Crippen LogP contribution in [0.1, 0.15) is 45.4 Å². The van der Waals surface area contributed by atoms with E-state index in [1.165, 1.54) is 43.9 Å². The van der Waals surface area contributed by atoms with Crippen molar-refractivity contribution in [2.45, 2.75) is 52.1 Å². The summed E-state index contributed by atoms with van der Waals surface area (Å²) in [5.74, 6) is 0.329. The highest BCUT2D eigenvalue weighted by molar-refractivity contribution is 5.71. The molecule has 0 saturated heterocycles. The lowest BCUT2D eigenvalue weighted by atomic mass is 10.00. The van der Waals surface area contributed by atoms with E-state index < -0.39 is 6.61 Å². The van der Waals surface area contributed by atoms with Crippen LogP contribution in [0, 0.1) is 5.82 Å². The first-order chi connectivity index (χ1) is 15.6. The molecule has 0 bridgehead atoms. The van der Waals surface area contributed by atoms with Crippen molar-refractivity contribution in [2.24, 2.45) is 0 Å². The molecule has 3 rings (SSSR count). The van der Waals surface area contributed by atoms with Crippen molar-refractivity contribution in [1.29, 1.82) is 0 Å². The van der Waals surface area contributed by atoms with Crippen molar-refractivity contribution in [3.8, 4) is 33.8 Å². The van der Waals surface area contributed by atoms with Gasteiger partial charge in [0.2, 0.25) is 0 Å². The lowest BCUT2D eigenvalue weighted by Crippen LogP contribution is -2.01. The number of unbranched alkanes of at least 4 members (excludes halogenated alkanes) is 5. The highest BCUT2D eigenvalue weighted by Crippen LogP contribution is 2.29. The van der Waals surface area contributed by atoms with Gasteiger partial charge in [-0.05, 0) is 47.4 Å². The Morgan fingerprint density at radius 2 is 1.25 bits per heavy atom. The van der Waals surface area contributed by atoms with Gasteiger partial charge in [-0.2, -0.15) is 8.78 Å². The van der Waals surface area contributed by atoms with Crippen LogP contribution in [0.4, 0.5) is 13.2 Å². The number of hydrogen-bond acceptors (Lipinski definition) is 2. The van der Waals surface area contributed by atoms with Crippen molar-refractivity contribution in [3.63, 3.8) is 0 Å². The zero-order valence-corrected chi connectivity index (χ0v) is 18.3. The normalized spacial score (nSPS) is 11.0. The first kappa shape index (κ1) is 23.7. The molecule has 0 aliphatic carbocycles. The van der Waals surface area contributed by atoms with Crippen LogP contribution in [0.15, 0.2) is 66.7 Å². The molecule has 0 amide bonds. The van der Waals surface area contributed by atoms with Crippen LogP contribution < -0.4 is 9.47 Å². The molecule has 0 atom stereocenters. The summed E-state index contributed by atoms with van der Waals surface area (Å²) in [6.07, 6.45) is 7.10. The smallest absolute Gasteiger partial charge is 0.387 e. The third kappa shape index (κ3) is 7.04. The molecule has 0 radical (unpaired) electrons. The van der Waals surface area contributed by atoms with E-state index >= 15 is 0 Å². The predicted molar refractivity (Wildman–Crippen MR) is 123 cm³/mol. The summed E-state index contributed by atoms with van der Waals surface area (Å²) in [6.45, 7) is -0.0478. The minimum absolute atomic E-state index is 0.112. The first-order valence-electron chi connectivity index (χ1n) is 11.1. The Bertz CT molecular complexity index is 954. The summed E-state index contributed by atoms with van der Waals surface area (Å²) < 4.78 is 49.3. The second kappa shape index (κ2) is 12.2. The van der Waals surface area contributed by atoms with Crippen molar-refractivity contribution in [2.75, 3.05) is 6.61 Å². The maximum absolute atomic E-state index is 14.7. The van der Waals surface area contributed by atoms with E-state index in [2.05, 4.69) is 11.7 Å². The number of hydrogen-bond donors (Lipinski definition) is 0.